The van der Waals surface area contributed by atoms with Crippen molar-refractivity contribution < 1.29 is 13.2 Å². The molecule has 1 amide bonds. The molecule has 0 rings (SSSR count). The Labute approximate surface area is 110 Å². The molecule has 0 saturated heterocycles. The van der Waals surface area contributed by atoms with E-state index < -0.39 is 10.0 Å². The molecule has 0 aliphatic rings. The summed E-state index contributed by atoms with van der Waals surface area (Å²) >= 11 is 0. The van der Waals surface area contributed by atoms with Crippen LogP contribution in [-0.4, -0.2) is 51.1 Å². The molecule has 3 N–H and O–H groups in total. The Hall–Kier alpha value is -0.660. The van der Waals surface area contributed by atoms with Crippen molar-refractivity contribution in [2.24, 2.45) is 11.1 Å². The van der Waals surface area contributed by atoms with Crippen LogP contribution >= 0.6 is 0 Å². The first-order valence-corrected chi connectivity index (χ1v) is 7.50. The van der Waals surface area contributed by atoms with Crippen molar-refractivity contribution in [1.29, 1.82) is 0 Å². The van der Waals surface area contributed by atoms with Crippen molar-refractivity contribution in [2.75, 3.05) is 26.4 Å². The second-order valence-corrected chi connectivity index (χ2v) is 7.93. The van der Waals surface area contributed by atoms with E-state index in [4.69, 9.17) is 5.73 Å². The van der Waals surface area contributed by atoms with E-state index >= 15 is 0 Å². The Balaban J connectivity index is 4.08. The number of carbonyl (C=O) groups excluding carboxylic acids is 1. The third kappa shape index (κ3) is 6.32. The summed E-state index contributed by atoms with van der Waals surface area (Å²) in [5.74, 6) is -0.317. The highest BCUT2D eigenvalue weighted by Crippen LogP contribution is 2.19. The molecule has 0 saturated carbocycles. The lowest BCUT2D eigenvalue weighted by molar-refractivity contribution is -0.121. The first kappa shape index (κ1) is 17.3. The van der Waals surface area contributed by atoms with Gasteiger partial charge in [-0.3, -0.25) is 4.79 Å². The average Bonchev–Trinajstić information content (AvgIpc) is 2.15. The van der Waals surface area contributed by atoms with Crippen LogP contribution in [0.25, 0.3) is 0 Å². The summed E-state index contributed by atoms with van der Waals surface area (Å²) < 4.78 is 24.0. The van der Waals surface area contributed by atoms with Gasteiger partial charge in [0.15, 0.2) is 0 Å². The van der Waals surface area contributed by atoms with Crippen LogP contribution in [0.15, 0.2) is 0 Å². The van der Waals surface area contributed by atoms with Gasteiger partial charge < -0.3 is 11.1 Å². The monoisotopic (exact) mass is 279 g/mol. The molecule has 108 valence electrons. The Morgan fingerprint density at radius 1 is 1.33 bits per heavy atom. The van der Waals surface area contributed by atoms with Gasteiger partial charge in [-0.05, 0) is 5.41 Å². The minimum atomic E-state index is -3.26. The van der Waals surface area contributed by atoms with Gasteiger partial charge in [0.25, 0.3) is 0 Å². The largest absolute Gasteiger partial charge is 0.355 e. The van der Waals surface area contributed by atoms with Crippen LogP contribution in [0.2, 0.25) is 0 Å². The first-order chi connectivity index (χ1) is 7.97. The number of hydrogen-bond donors (Lipinski definition) is 2. The highest BCUT2D eigenvalue weighted by atomic mass is 32.2. The predicted molar refractivity (Wildman–Crippen MR) is 72.5 cm³/mol. The minimum Gasteiger partial charge on any atom is -0.355 e. The van der Waals surface area contributed by atoms with Crippen LogP contribution in [-0.2, 0) is 14.8 Å². The third-order valence-corrected chi connectivity index (χ3v) is 4.59. The molecule has 6 nitrogen and oxygen atoms in total. The lowest BCUT2D eigenvalue weighted by Gasteiger charge is -2.26. The van der Waals surface area contributed by atoms with E-state index in [1.54, 1.807) is 0 Å². The number of rotatable bonds is 6. The smallest absolute Gasteiger partial charge is 0.221 e. The van der Waals surface area contributed by atoms with Gasteiger partial charge in [0.2, 0.25) is 15.9 Å². The predicted octanol–water partition coefficient (Wildman–Crippen LogP) is -0.242. The standard InChI is InChI=1S/C11H25N3O3S/c1-11(2,3)9(12)8-10(15)13-6-7-18(16,17)14(4)5/h9H,6-8,12H2,1-5H3,(H,13,15). The molecule has 1 unspecified atom stereocenters. The fraction of sp³-hybridized carbons (Fsp3) is 0.909. The normalized spacial score (nSPS) is 14.6. The Kier molecular flexibility index (Phi) is 6.25. The topological polar surface area (TPSA) is 92.5 Å². The fourth-order valence-corrected chi connectivity index (χ4v) is 1.81. The minimum absolute atomic E-state index is 0.101. The van der Waals surface area contributed by atoms with Gasteiger partial charge in [-0.25, -0.2) is 12.7 Å². The van der Waals surface area contributed by atoms with E-state index in [1.165, 1.54) is 14.1 Å². The summed E-state index contributed by atoms with van der Waals surface area (Å²) in [5, 5.41) is 2.57. The zero-order chi connectivity index (χ0) is 14.6. The van der Waals surface area contributed by atoms with Crippen molar-refractivity contribution in [1.82, 2.24) is 9.62 Å². The van der Waals surface area contributed by atoms with Gasteiger partial charge in [0.05, 0.1) is 5.75 Å². The van der Waals surface area contributed by atoms with Gasteiger partial charge in [0, 0.05) is 33.1 Å². The van der Waals surface area contributed by atoms with Crippen molar-refractivity contribution in [3.8, 4) is 0 Å². The molecule has 0 aromatic carbocycles. The van der Waals surface area contributed by atoms with E-state index in [2.05, 4.69) is 5.32 Å². The van der Waals surface area contributed by atoms with E-state index in [9.17, 15) is 13.2 Å². The molecular formula is C11H25N3O3S. The molecule has 7 heteroatoms. The molecular weight excluding hydrogens is 254 g/mol. The zero-order valence-electron chi connectivity index (χ0n) is 11.9. The van der Waals surface area contributed by atoms with Crippen molar-refractivity contribution >= 4 is 15.9 Å². The summed E-state index contributed by atoms with van der Waals surface area (Å²) in [5.41, 5.74) is 5.72. The number of carbonyl (C=O) groups is 1. The van der Waals surface area contributed by atoms with Crippen LogP contribution < -0.4 is 11.1 Å². The number of nitrogens with zero attached hydrogens (tertiary/aromatic N) is 1. The summed E-state index contributed by atoms with van der Waals surface area (Å²) in [6.07, 6.45) is 0.200. The van der Waals surface area contributed by atoms with Crippen LogP contribution in [0.4, 0.5) is 0 Å². The van der Waals surface area contributed by atoms with E-state index in [0.29, 0.717) is 0 Å². The third-order valence-electron chi connectivity index (χ3n) is 2.76. The molecule has 0 spiro atoms. The van der Waals surface area contributed by atoms with E-state index in [0.717, 1.165) is 4.31 Å². The summed E-state index contributed by atoms with van der Waals surface area (Å²) in [6, 6.07) is -0.247. The maximum atomic E-state index is 11.6. The molecule has 0 aliphatic carbocycles. The summed E-state index contributed by atoms with van der Waals surface area (Å²) in [6.45, 7) is 5.99. The molecule has 0 aromatic heterocycles. The van der Waals surface area contributed by atoms with Crippen LogP contribution in [0, 0.1) is 5.41 Å². The van der Waals surface area contributed by atoms with Crippen LogP contribution in [0.1, 0.15) is 27.2 Å². The lowest BCUT2D eigenvalue weighted by Crippen LogP contribution is -2.41. The van der Waals surface area contributed by atoms with Crippen LogP contribution in [0.5, 0.6) is 0 Å². The maximum absolute atomic E-state index is 11.6. The fourth-order valence-electron chi connectivity index (χ4n) is 1.08. The Bertz CT molecular complexity index is 371. The van der Waals surface area contributed by atoms with Gasteiger partial charge in [0.1, 0.15) is 0 Å². The molecule has 0 heterocycles. The van der Waals surface area contributed by atoms with Gasteiger partial charge in [-0.15, -0.1) is 0 Å². The molecule has 0 aromatic rings. The molecule has 18 heavy (non-hydrogen) atoms. The second-order valence-electron chi connectivity index (χ2n) is 5.62. The van der Waals surface area contributed by atoms with E-state index in [-0.39, 0.29) is 36.1 Å². The molecule has 0 aliphatic heterocycles. The van der Waals surface area contributed by atoms with Crippen molar-refractivity contribution in [2.45, 2.75) is 33.2 Å². The second kappa shape index (κ2) is 6.49. The number of nitrogens with one attached hydrogen (secondary N) is 1. The number of sulfonamides is 1. The zero-order valence-corrected chi connectivity index (χ0v) is 12.7. The summed E-state index contributed by atoms with van der Waals surface area (Å²) in [4.78, 5) is 11.6. The maximum Gasteiger partial charge on any atom is 0.221 e. The number of amides is 1. The van der Waals surface area contributed by atoms with Gasteiger partial charge in [-0.1, -0.05) is 20.8 Å². The van der Waals surface area contributed by atoms with Gasteiger partial charge in [-0.2, -0.15) is 0 Å². The quantitative estimate of drug-likeness (QED) is 0.701. The first-order valence-electron chi connectivity index (χ1n) is 5.89. The molecule has 0 fully saturated rings. The molecule has 0 bridgehead atoms. The SMILES string of the molecule is CN(C)S(=O)(=O)CCNC(=O)CC(N)C(C)(C)C. The van der Waals surface area contributed by atoms with Gasteiger partial charge >= 0.3 is 0 Å². The molecule has 0 radical (unpaired) electrons. The van der Waals surface area contributed by atoms with E-state index in [1.807, 2.05) is 20.8 Å². The van der Waals surface area contributed by atoms with Crippen LogP contribution in [0.3, 0.4) is 0 Å². The Morgan fingerprint density at radius 2 is 1.83 bits per heavy atom. The average molecular weight is 279 g/mol. The van der Waals surface area contributed by atoms with Crippen molar-refractivity contribution in [3.05, 3.63) is 0 Å². The highest BCUT2D eigenvalue weighted by Gasteiger charge is 2.23. The number of hydrogen-bond acceptors (Lipinski definition) is 4. The lowest BCUT2D eigenvalue weighted by atomic mass is 9.85. The highest BCUT2D eigenvalue weighted by molar-refractivity contribution is 7.89. The summed E-state index contributed by atoms with van der Waals surface area (Å²) in [7, 11) is -0.333. The number of nitrogens with two attached hydrogens (primary N) is 1. The molecule has 1 atom stereocenters. The Morgan fingerprint density at radius 3 is 2.22 bits per heavy atom. The van der Waals surface area contributed by atoms with Crippen molar-refractivity contribution in [3.63, 3.8) is 0 Å².